The van der Waals surface area contributed by atoms with Gasteiger partial charge < -0.3 is 16.0 Å². The second-order valence-electron chi connectivity index (χ2n) is 7.43. The normalized spacial score (nSPS) is 10.8. The van der Waals surface area contributed by atoms with Gasteiger partial charge >= 0.3 is 0 Å². The van der Waals surface area contributed by atoms with Crippen LogP contribution in [0.2, 0.25) is 5.02 Å². The van der Waals surface area contributed by atoms with Crippen molar-refractivity contribution in [2.45, 2.75) is 19.8 Å². The number of pyridine rings is 1. The maximum absolute atomic E-state index is 6.07. The van der Waals surface area contributed by atoms with Crippen LogP contribution in [0, 0.1) is 6.92 Å². The fourth-order valence-corrected chi connectivity index (χ4v) is 3.77. The number of aromatic nitrogens is 3. The van der Waals surface area contributed by atoms with Gasteiger partial charge in [0.2, 0.25) is 5.95 Å². The number of benzene rings is 2. The van der Waals surface area contributed by atoms with Crippen LogP contribution in [0.15, 0.2) is 65.3 Å². The van der Waals surface area contributed by atoms with Crippen LogP contribution in [-0.2, 0) is 0 Å². The van der Waals surface area contributed by atoms with Crippen LogP contribution in [0.1, 0.15) is 18.5 Å². The summed E-state index contributed by atoms with van der Waals surface area (Å²) in [4.78, 5) is 13.5. The third kappa shape index (κ3) is 6.08. The molecule has 0 saturated heterocycles. The summed E-state index contributed by atoms with van der Waals surface area (Å²) in [6, 6.07) is 17.7. The molecule has 8 heteroatoms. The summed E-state index contributed by atoms with van der Waals surface area (Å²) in [5.41, 5.74) is 3.86. The van der Waals surface area contributed by atoms with E-state index < -0.39 is 0 Å². The number of nitrogens with one attached hydrogen (secondary N) is 3. The van der Waals surface area contributed by atoms with E-state index in [2.05, 4.69) is 46.8 Å². The van der Waals surface area contributed by atoms with Gasteiger partial charge in [-0.25, -0.2) is 4.98 Å². The Balaban J connectivity index is 1.25. The minimum atomic E-state index is 0.634. The third-order valence-electron chi connectivity index (χ3n) is 4.88. The lowest BCUT2D eigenvalue weighted by Gasteiger charge is -2.11. The van der Waals surface area contributed by atoms with Crippen molar-refractivity contribution >= 4 is 61.6 Å². The molecule has 2 aromatic carbocycles. The molecule has 0 aliphatic rings. The Labute approximate surface area is 201 Å². The number of hydrogen-bond donors (Lipinski definition) is 3. The maximum Gasteiger partial charge on any atom is 0.224 e. The fraction of sp³-hybridized carbons (Fsp3) is 0.208. The number of fused-ring (bicyclic) bond motifs is 1. The molecule has 164 valence electrons. The lowest BCUT2D eigenvalue weighted by molar-refractivity contribution is 0.790. The van der Waals surface area contributed by atoms with Gasteiger partial charge in [-0.2, -0.15) is 4.98 Å². The summed E-state index contributed by atoms with van der Waals surface area (Å²) in [6.45, 7) is 3.64. The Morgan fingerprint density at radius 2 is 1.69 bits per heavy atom. The van der Waals surface area contributed by atoms with Crippen LogP contribution in [0.4, 0.5) is 23.1 Å². The van der Waals surface area contributed by atoms with E-state index in [4.69, 9.17) is 11.6 Å². The van der Waals surface area contributed by atoms with E-state index in [0.717, 1.165) is 64.2 Å². The van der Waals surface area contributed by atoms with Crippen molar-refractivity contribution in [3.8, 4) is 0 Å². The van der Waals surface area contributed by atoms with Gasteiger partial charge in [-0.3, -0.25) is 4.98 Å². The molecule has 2 heterocycles. The summed E-state index contributed by atoms with van der Waals surface area (Å²) in [6.07, 6.45) is 3.81. The van der Waals surface area contributed by atoms with Crippen LogP contribution in [0.5, 0.6) is 0 Å². The first kappa shape index (κ1) is 22.3. The number of halogens is 2. The maximum atomic E-state index is 6.07. The molecule has 0 atom stereocenters. The average molecular weight is 512 g/mol. The van der Waals surface area contributed by atoms with Gasteiger partial charge in [0.25, 0.3) is 0 Å². The first-order chi connectivity index (χ1) is 15.6. The number of anilines is 4. The first-order valence-electron chi connectivity index (χ1n) is 10.5. The molecule has 0 aliphatic carbocycles. The lowest BCUT2D eigenvalue weighted by atomic mass is 10.2. The van der Waals surface area contributed by atoms with E-state index in [-0.39, 0.29) is 0 Å². The SMILES string of the molecule is Cc1cc(Nc2ccc(Br)cc2)nc(NCCCCNc2ccnc3cc(Cl)ccc23)n1. The summed E-state index contributed by atoms with van der Waals surface area (Å²) >= 11 is 9.52. The highest BCUT2D eigenvalue weighted by Gasteiger charge is 2.04. The molecular formula is C24H24BrClN6. The summed E-state index contributed by atoms with van der Waals surface area (Å²) in [5, 5.41) is 11.9. The van der Waals surface area contributed by atoms with Crippen LogP contribution in [0.3, 0.4) is 0 Å². The molecule has 0 radical (unpaired) electrons. The molecule has 4 rings (SSSR count). The smallest absolute Gasteiger partial charge is 0.224 e. The standard InChI is InChI=1S/C24H24BrClN6/c1-16-14-23(31-19-7-4-17(25)5-8-19)32-24(30-16)29-12-3-2-11-27-21-10-13-28-22-15-18(26)6-9-20(21)22/h4-10,13-15H,2-3,11-12H2,1H3,(H,27,28)(H2,29,30,31,32). The zero-order chi connectivity index (χ0) is 22.3. The average Bonchev–Trinajstić information content (AvgIpc) is 2.77. The molecule has 0 fully saturated rings. The molecule has 0 spiro atoms. The van der Waals surface area contributed by atoms with Crippen LogP contribution in [-0.4, -0.2) is 28.0 Å². The molecule has 0 aliphatic heterocycles. The number of aryl methyl sites for hydroxylation is 1. The molecule has 32 heavy (non-hydrogen) atoms. The van der Waals surface area contributed by atoms with Crippen molar-refractivity contribution in [3.05, 3.63) is 76.0 Å². The van der Waals surface area contributed by atoms with Crippen LogP contribution < -0.4 is 16.0 Å². The monoisotopic (exact) mass is 510 g/mol. The van der Waals surface area contributed by atoms with Crippen molar-refractivity contribution in [3.63, 3.8) is 0 Å². The lowest BCUT2D eigenvalue weighted by Crippen LogP contribution is -2.10. The van der Waals surface area contributed by atoms with E-state index in [1.54, 1.807) is 6.20 Å². The number of rotatable bonds is 9. The number of nitrogens with zero attached hydrogens (tertiary/aromatic N) is 3. The summed E-state index contributed by atoms with van der Waals surface area (Å²) in [7, 11) is 0. The Kier molecular flexibility index (Phi) is 7.39. The molecule has 6 nitrogen and oxygen atoms in total. The Morgan fingerprint density at radius 1 is 0.906 bits per heavy atom. The van der Waals surface area contributed by atoms with E-state index in [1.807, 2.05) is 61.5 Å². The minimum Gasteiger partial charge on any atom is -0.384 e. The Morgan fingerprint density at radius 3 is 2.50 bits per heavy atom. The summed E-state index contributed by atoms with van der Waals surface area (Å²) < 4.78 is 1.04. The second-order valence-corrected chi connectivity index (χ2v) is 8.78. The quantitative estimate of drug-likeness (QED) is 0.215. The highest BCUT2D eigenvalue weighted by Crippen LogP contribution is 2.24. The molecule has 3 N–H and O–H groups in total. The van der Waals surface area contributed by atoms with Gasteiger partial charge in [0.1, 0.15) is 5.82 Å². The third-order valence-corrected chi connectivity index (χ3v) is 5.64. The minimum absolute atomic E-state index is 0.634. The van der Waals surface area contributed by atoms with Gasteiger partial charge in [0.15, 0.2) is 0 Å². The Bertz CT molecular complexity index is 1200. The fourth-order valence-electron chi connectivity index (χ4n) is 3.34. The van der Waals surface area contributed by atoms with Crippen LogP contribution >= 0.6 is 27.5 Å². The van der Waals surface area contributed by atoms with Gasteiger partial charge in [-0.1, -0.05) is 27.5 Å². The van der Waals surface area contributed by atoms with Crippen LogP contribution in [0.25, 0.3) is 10.9 Å². The molecule has 0 amide bonds. The zero-order valence-electron chi connectivity index (χ0n) is 17.7. The molecule has 4 aromatic rings. The highest BCUT2D eigenvalue weighted by atomic mass is 79.9. The van der Waals surface area contributed by atoms with E-state index >= 15 is 0 Å². The van der Waals surface area contributed by atoms with E-state index in [0.29, 0.717) is 11.0 Å². The largest absolute Gasteiger partial charge is 0.384 e. The molecule has 0 unspecified atom stereocenters. The van der Waals surface area contributed by atoms with E-state index in [1.165, 1.54) is 0 Å². The highest BCUT2D eigenvalue weighted by molar-refractivity contribution is 9.10. The molecule has 2 aromatic heterocycles. The van der Waals surface area contributed by atoms with Gasteiger partial charge in [0.05, 0.1) is 5.52 Å². The number of hydrogen-bond acceptors (Lipinski definition) is 6. The topological polar surface area (TPSA) is 74.8 Å². The molecule has 0 saturated carbocycles. The number of unbranched alkanes of at least 4 members (excludes halogenated alkanes) is 1. The van der Waals surface area contributed by atoms with E-state index in [9.17, 15) is 0 Å². The van der Waals surface area contributed by atoms with Gasteiger partial charge in [-0.05, 0) is 68.3 Å². The second kappa shape index (κ2) is 10.6. The van der Waals surface area contributed by atoms with Crippen molar-refractivity contribution < 1.29 is 0 Å². The summed E-state index contributed by atoms with van der Waals surface area (Å²) in [5.74, 6) is 1.41. The zero-order valence-corrected chi connectivity index (χ0v) is 20.0. The first-order valence-corrected chi connectivity index (χ1v) is 11.6. The van der Waals surface area contributed by atoms with Gasteiger partial charge in [-0.15, -0.1) is 0 Å². The molecule has 0 bridgehead atoms. The predicted molar refractivity (Wildman–Crippen MR) is 137 cm³/mol. The predicted octanol–water partition coefficient (Wildman–Crippen LogP) is 6.80. The van der Waals surface area contributed by atoms with Crippen molar-refractivity contribution in [1.29, 1.82) is 0 Å². The van der Waals surface area contributed by atoms with Crippen molar-refractivity contribution in [2.24, 2.45) is 0 Å². The Hall–Kier alpha value is -2.90. The van der Waals surface area contributed by atoms with Crippen molar-refractivity contribution in [2.75, 3.05) is 29.0 Å². The van der Waals surface area contributed by atoms with Gasteiger partial charge in [0, 0.05) is 57.3 Å². The van der Waals surface area contributed by atoms with Crippen molar-refractivity contribution in [1.82, 2.24) is 15.0 Å². The molecular weight excluding hydrogens is 488 g/mol.